The molecule has 2 bridgehead atoms. The lowest BCUT2D eigenvalue weighted by molar-refractivity contribution is 0.0983. The lowest BCUT2D eigenvalue weighted by atomic mass is 9.84. The lowest BCUT2D eigenvalue weighted by Gasteiger charge is -2.50. The Labute approximate surface area is 212 Å². The van der Waals surface area contributed by atoms with E-state index in [1.54, 1.807) is 10.4 Å². The van der Waals surface area contributed by atoms with Crippen LogP contribution in [0.1, 0.15) is 37.8 Å². The molecule has 4 N–H and O–H groups in total. The van der Waals surface area contributed by atoms with Crippen LogP contribution in [0, 0.1) is 17.2 Å². The quantitative estimate of drug-likeness (QED) is 0.359. The van der Waals surface area contributed by atoms with Gasteiger partial charge in [0.25, 0.3) is 10.2 Å². The summed E-state index contributed by atoms with van der Waals surface area (Å²) in [5, 5.41) is 34.8. The molecule has 0 radical (unpaired) electrons. The number of aromatic nitrogens is 4. The minimum atomic E-state index is -3.57. The van der Waals surface area contributed by atoms with Gasteiger partial charge in [0.05, 0.1) is 29.7 Å². The number of anilines is 3. The first-order chi connectivity index (χ1) is 17.4. The summed E-state index contributed by atoms with van der Waals surface area (Å²) >= 11 is 1.52. The Balaban J connectivity index is 1.20. The van der Waals surface area contributed by atoms with Crippen LogP contribution in [0.25, 0.3) is 10.2 Å². The van der Waals surface area contributed by atoms with E-state index in [2.05, 4.69) is 26.9 Å². The van der Waals surface area contributed by atoms with Crippen LogP contribution in [0.3, 0.4) is 0 Å². The number of H-pyrrole nitrogens is 1. The van der Waals surface area contributed by atoms with E-state index in [0.29, 0.717) is 36.1 Å². The number of fused-ring (bicyclic) bond motifs is 3. The third-order valence-corrected chi connectivity index (χ3v) is 10.1. The van der Waals surface area contributed by atoms with Gasteiger partial charge in [0.15, 0.2) is 5.82 Å². The number of aromatic amines is 1. The number of nitrogens with one attached hydrogen (secondary N) is 3. The lowest BCUT2D eigenvalue weighted by Crippen LogP contribution is -2.63. The molecule has 14 heteroatoms. The first-order valence-electron chi connectivity index (χ1n) is 12.1. The van der Waals surface area contributed by atoms with Gasteiger partial charge in [-0.25, -0.2) is 4.98 Å². The number of aliphatic hydroxyl groups excluding tert-OH is 1. The minimum Gasteiger partial charge on any atom is -0.390 e. The topological polar surface area (TPSA) is 163 Å². The van der Waals surface area contributed by atoms with Gasteiger partial charge in [-0.2, -0.15) is 32.4 Å². The zero-order chi connectivity index (χ0) is 24.9. The molecule has 36 heavy (non-hydrogen) atoms. The van der Waals surface area contributed by atoms with Gasteiger partial charge >= 0.3 is 0 Å². The second kappa shape index (κ2) is 9.24. The highest BCUT2D eigenvalue weighted by atomic mass is 32.2. The zero-order valence-corrected chi connectivity index (χ0v) is 21.1. The molecule has 0 saturated carbocycles. The zero-order valence-electron chi connectivity index (χ0n) is 19.5. The molecule has 3 fully saturated rings. The maximum Gasteiger partial charge on any atom is 0.282 e. The average molecular weight is 530 g/mol. The molecule has 0 aliphatic carbocycles. The molecule has 3 atom stereocenters. The number of nitriles is 1. The summed E-state index contributed by atoms with van der Waals surface area (Å²) in [5.74, 6) is 1.45. The van der Waals surface area contributed by atoms with E-state index >= 15 is 0 Å². The number of hydrogen-bond donors (Lipinski definition) is 4. The minimum absolute atomic E-state index is 0.0478. The number of rotatable bonds is 7. The predicted octanol–water partition coefficient (Wildman–Crippen LogP) is 2.15. The van der Waals surface area contributed by atoms with Crippen LogP contribution in [0.5, 0.6) is 0 Å². The third kappa shape index (κ3) is 4.20. The van der Waals surface area contributed by atoms with Crippen molar-refractivity contribution in [2.75, 3.05) is 23.7 Å². The van der Waals surface area contributed by atoms with E-state index in [4.69, 9.17) is 15.2 Å². The molecule has 3 aliphatic rings. The second-order valence-electron chi connectivity index (χ2n) is 9.63. The molecule has 0 aromatic carbocycles. The van der Waals surface area contributed by atoms with Gasteiger partial charge in [-0.05, 0) is 37.1 Å². The summed E-state index contributed by atoms with van der Waals surface area (Å²) in [6, 6.07) is 5.72. The summed E-state index contributed by atoms with van der Waals surface area (Å²) < 4.78 is 29.8. The normalized spacial score (nSPS) is 25.4. The summed E-state index contributed by atoms with van der Waals surface area (Å²) in [4.78, 5) is 10.2. The highest BCUT2D eigenvalue weighted by molar-refractivity contribution is 7.86. The van der Waals surface area contributed by atoms with Gasteiger partial charge in [-0.1, -0.05) is 6.42 Å². The second-order valence-corrected chi connectivity index (χ2v) is 12.4. The Morgan fingerprint density at radius 1 is 1.25 bits per heavy atom. The van der Waals surface area contributed by atoms with Crippen molar-refractivity contribution in [3.8, 4) is 6.07 Å². The van der Waals surface area contributed by atoms with Gasteiger partial charge in [-0.3, -0.25) is 5.10 Å². The maximum atomic E-state index is 13.3. The number of hydrogen-bond acceptors (Lipinski definition) is 10. The fourth-order valence-corrected chi connectivity index (χ4v) is 8.40. The third-order valence-electron chi connectivity index (χ3n) is 7.24. The Morgan fingerprint density at radius 2 is 2.03 bits per heavy atom. The van der Waals surface area contributed by atoms with Crippen LogP contribution < -0.4 is 10.6 Å². The first kappa shape index (κ1) is 23.6. The molecular formula is C22H27N9O3S2. The summed E-state index contributed by atoms with van der Waals surface area (Å²) in [6.07, 6.45) is 4.03. The number of aliphatic hydroxyl groups is 1. The highest BCUT2D eigenvalue weighted by Gasteiger charge is 2.49. The van der Waals surface area contributed by atoms with Crippen molar-refractivity contribution in [2.45, 2.75) is 56.8 Å². The molecule has 190 valence electrons. The fraction of sp³-hybridized carbons (Fsp3) is 0.545. The van der Waals surface area contributed by atoms with Crippen molar-refractivity contribution in [3.05, 3.63) is 23.2 Å². The van der Waals surface area contributed by atoms with Crippen molar-refractivity contribution < 1.29 is 13.5 Å². The van der Waals surface area contributed by atoms with Crippen LogP contribution in [-0.2, 0) is 16.8 Å². The van der Waals surface area contributed by atoms with Gasteiger partial charge < -0.3 is 15.7 Å². The SMILES string of the molecule is N#CC1CN(S(=O)(=O)N2[C@@H]3CCC[C@H]2C[C@H](Nc2nc(Nc4cc(CO)[nH]n4)c4ccsc4n2)C3)C1. The van der Waals surface area contributed by atoms with Gasteiger partial charge in [0, 0.05) is 37.3 Å². The number of thiophene rings is 1. The maximum absolute atomic E-state index is 13.3. The molecule has 6 rings (SSSR count). The molecular weight excluding hydrogens is 502 g/mol. The van der Waals surface area contributed by atoms with Crippen LogP contribution >= 0.6 is 11.3 Å². The standard InChI is InChI=1S/C22H27N9O3S2/c23-9-13-10-30(11-13)36(33,34)31-16-2-1-3-17(31)7-14(6-16)24-22-26-20(18-4-5-35-21(18)27-22)25-19-8-15(12-32)28-29-19/h4-5,8,13-14,16-17,32H,1-3,6-7,10-12H2,(H3,24,25,26,27,28,29)/t14-,16-,17+. The number of nitrogens with zero attached hydrogens (tertiary/aromatic N) is 6. The predicted molar refractivity (Wildman–Crippen MR) is 135 cm³/mol. The van der Waals surface area contributed by atoms with E-state index < -0.39 is 10.2 Å². The van der Waals surface area contributed by atoms with E-state index in [0.717, 1.165) is 29.5 Å². The van der Waals surface area contributed by atoms with Crippen LogP contribution in [0.4, 0.5) is 17.6 Å². The molecule has 3 saturated heterocycles. The average Bonchev–Trinajstić information content (AvgIpc) is 3.47. The summed E-state index contributed by atoms with van der Waals surface area (Å²) in [5.41, 5.74) is 0.598. The Hall–Kier alpha value is -2.83. The summed E-state index contributed by atoms with van der Waals surface area (Å²) in [7, 11) is -3.57. The summed E-state index contributed by atoms with van der Waals surface area (Å²) in [6.45, 7) is 0.444. The van der Waals surface area contributed by atoms with Crippen LogP contribution in [0.2, 0.25) is 0 Å². The van der Waals surface area contributed by atoms with Crippen molar-refractivity contribution in [1.82, 2.24) is 28.8 Å². The van der Waals surface area contributed by atoms with E-state index in [1.165, 1.54) is 15.6 Å². The molecule has 3 aromatic heterocycles. The van der Waals surface area contributed by atoms with Crippen molar-refractivity contribution in [3.63, 3.8) is 0 Å². The fourth-order valence-electron chi connectivity index (χ4n) is 5.50. The molecule has 0 spiro atoms. The monoisotopic (exact) mass is 529 g/mol. The van der Waals surface area contributed by atoms with E-state index in [-0.39, 0.29) is 43.7 Å². The first-order valence-corrected chi connectivity index (χ1v) is 14.3. The molecule has 3 aliphatic heterocycles. The van der Waals surface area contributed by atoms with E-state index in [1.807, 2.05) is 11.4 Å². The van der Waals surface area contributed by atoms with E-state index in [9.17, 15) is 13.5 Å². The highest BCUT2D eigenvalue weighted by Crippen LogP contribution is 2.39. The molecule has 12 nitrogen and oxygen atoms in total. The van der Waals surface area contributed by atoms with Gasteiger partial charge in [0.1, 0.15) is 10.6 Å². The largest absolute Gasteiger partial charge is 0.390 e. The smallest absolute Gasteiger partial charge is 0.282 e. The molecule has 0 amide bonds. The molecule has 0 unspecified atom stereocenters. The Bertz CT molecular complexity index is 1400. The number of piperidine rings is 2. The molecule has 6 heterocycles. The Morgan fingerprint density at radius 3 is 2.72 bits per heavy atom. The van der Waals surface area contributed by atoms with Gasteiger partial charge in [-0.15, -0.1) is 11.3 Å². The van der Waals surface area contributed by atoms with Gasteiger partial charge in [0.2, 0.25) is 5.95 Å². The van der Waals surface area contributed by atoms with Crippen molar-refractivity contribution in [1.29, 1.82) is 5.26 Å². The van der Waals surface area contributed by atoms with Crippen LogP contribution in [-0.4, -0.2) is 73.5 Å². The molecule has 3 aromatic rings. The van der Waals surface area contributed by atoms with Crippen molar-refractivity contribution in [2.24, 2.45) is 5.92 Å². The van der Waals surface area contributed by atoms with Crippen molar-refractivity contribution >= 4 is 49.3 Å². The Kier molecular flexibility index (Phi) is 6.05. The van der Waals surface area contributed by atoms with Crippen LogP contribution in [0.15, 0.2) is 17.5 Å².